The summed E-state index contributed by atoms with van der Waals surface area (Å²) < 4.78 is 22.9. The van der Waals surface area contributed by atoms with Crippen molar-refractivity contribution in [2.24, 2.45) is 10.1 Å². The molecule has 1 fully saturated rings. The van der Waals surface area contributed by atoms with Crippen LogP contribution in [0.5, 0.6) is 0 Å². The lowest BCUT2D eigenvalue weighted by Crippen LogP contribution is -2.40. The molecule has 3 rings (SSSR count). The first-order valence-corrected chi connectivity index (χ1v) is 10.6. The maximum atomic E-state index is 11.5. The first-order chi connectivity index (χ1) is 12.8. The van der Waals surface area contributed by atoms with Crippen molar-refractivity contribution < 1.29 is 8.42 Å². The third kappa shape index (κ3) is 5.00. The minimum absolute atomic E-state index is 0.0933. The lowest BCUT2D eigenvalue weighted by atomic mass is 9.96. The summed E-state index contributed by atoms with van der Waals surface area (Å²) >= 11 is 6.12. The van der Waals surface area contributed by atoms with E-state index in [0.717, 1.165) is 30.0 Å². The maximum Gasteiger partial charge on any atom is 0.238 e. The Balaban J connectivity index is 1.59. The summed E-state index contributed by atoms with van der Waals surface area (Å²) in [4.78, 5) is 4.34. The van der Waals surface area contributed by atoms with Gasteiger partial charge in [-0.05, 0) is 48.2 Å². The van der Waals surface area contributed by atoms with E-state index in [1.165, 1.54) is 11.6 Å². The lowest BCUT2D eigenvalue weighted by Gasteiger charge is -2.19. The van der Waals surface area contributed by atoms with Crippen LogP contribution in [0, 0.1) is 0 Å². The normalized spacial score (nSPS) is 16.0. The first kappa shape index (κ1) is 19.7. The number of benzene rings is 2. The number of hydrogen-bond donors (Lipinski definition) is 3. The Morgan fingerprint density at radius 3 is 2.56 bits per heavy atom. The van der Waals surface area contributed by atoms with Crippen molar-refractivity contribution in [2.45, 2.75) is 29.7 Å². The molecule has 0 radical (unpaired) electrons. The fraction of sp³-hybridized carbons (Fsp3) is 0.316. The van der Waals surface area contributed by atoms with E-state index in [-0.39, 0.29) is 10.3 Å². The largest absolute Gasteiger partial charge is 0.356 e. The van der Waals surface area contributed by atoms with Crippen LogP contribution in [0.2, 0.25) is 5.02 Å². The number of primary sulfonamides is 1. The molecule has 0 atom stereocenters. The molecule has 144 valence electrons. The van der Waals surface area contributed by atoms with Crippen LogP contribution in [0.1, 0.15) is 24.0 Å². The molecule has 0 saturated heterocycles. The quantitative estimate of drug-likeness (QED) is 0.506. The number of nitrogens with zero attached hydrogens (tertiary/aromatic N) is 1. The molecule has 0 bridgehead atoms. The molecule has 6 nitrogen and oxygen atoms in total. The van der Waals surface area contributed by atoms with Gasteiger partial charge < -0.3 is 10.6 Å². The summed E-state index contributed by atoms with van der Waals surface area (Å²) in [5, 5.41) is 12.5. The average Bonchev–Trinajstić information content (AvgIpc) is 3.43. The van der Waals surface area contributed by atoms with Crippen molar-refractivity contribution in [2.75, 3.05) is 13.6 Å². The van der Waals surface area contributed by atoms with Gasteiger partial charge >= 0.3 is 0 Å². The number of rotatable bonds is 6. The third-order valence-electron chi connectivity index (χ3n) is 4.80. The highest BCUT2D eigenvalue weighted by atomic mass is 35.5. The van der Waals surface area contributed by atoms with Gasteiger partial charge in [0.1, 0.15) is 0 Å². The van der Waals surface area contributed by atoms with Crippen LogP contribution >= 0.6 is 11.6 Å². The van der Waals surface area contributed by atoms with Crippen molar-refractivity contribution in [3.63, 3.8) is 0 Å². The molecule has 0 aliphatic heterocycles. The van der Waals surface area contributed by atoms with Gasteiger partial charge in [0.05, 0.1) is 4.90 Å². The standard InChI is InChI=1S/C19H23ClN4O2S/c1-22-18(23-12-14-4-2-7-17(10-14)27(21,25)26)24-13-19(8-9-19)15-5-3-6-16(20)11-15/h2-7,10-11H,8-9,12-13H2,1H3,(H2,21,25,26)(H2,22,23,24). The number of nitrogens with one attached hydrogen (secondary N) is 2. The third-order valence-corrected chi connectivity index (χ3v) is 5.94. The van der Waals surface area contributed by atoms with E-state index in [1.54, 1.807) is 19.2 Å². The lowest BCUT2D eigenvalue weighted by molar-refractivity contribution is 0.597. The fourth-order valence-electron chi connectivity index (χ4n) is 3.03. The summed E-state index contributed by atoms with van der Waals surface area (Å²) in [6.45, 7) is 1.19. The van der Waals surface area contributed by atoms with Gasteiger partial charge in [0.15, 0.2) is 5.96 Å². The van der Waals surface area contributed by atoms with Crippen LogP contribution in [0.25, 0.3) is 0 Å². The number of aliphatic imine (C=N–C) groups is 1. The van der Waals surface area contributed by atoms with Crippen LogP contribution < -0.4 is 15.8 Å². The molecule has 0 aromatic heterocycles. The predicted molar refractivity (Wildman–Crippen MR) is 108 cm³/mol. The van der Waals surface area contributed by atoms with Crippen molar-refractivity contribution in [3.8, 4) is 0 Å². The zero-order chi connectivity index (χ0) is 19.5. The van der Waals surface area contributed by atoms with E-state index in [0.29, 0.717) is 12.5 Å². The second kappa shape index (κ2) is 7.88. The average molecular weight is 407 g/mol. The summed E-state index contributed by atoms with van der Waals surface area (Å²) in [5.41, 5.74) is 2.13. The Bertz CT molecular complexity index is 956. The van der Waals surface area contributed by atoms with Gasteiger partial charge in [0.2, 0.25) is 10.0 Å². The Kier molecular flexibility index (Phi) is 5.74. The molecule has 8 heteroatoms. The molecule has 0 amide bonds. The number of nitrogens with two attached hydrogens (primary N) is 1. The molecular formula is C19H23ClN4O2S. The second-order valence-electron chi connectivity index (χ2n) is 6.76. The monoisotopic (exact) mass is 406 g/mol. The Hall–Kier alpha value is -2.09. The predicted octanol–water partition coefficient (Wildman–Crippen LogP) is 2.38. The van der Waals surface area contributed by atoms with Crippen molar-refractivity contribution in [1.29, 1.82) is 0 Å². The number of guanidine groups is 1. The van der Waals surface area contributed by atoms with Crippen LogP contribution in [0.15, 0.2) is 58.4 Å². The topological polar surface area (TPSA) is 96.6 Å². The molecule has 0 unspecified atom stereocenters. The zero-order valence-corrected chi connectivity index (χ0v) is 16.6. The molecule has 2 aromatic rings. The van der Waals surface area contributed by atoms with E-state index < -0.39 is 10.0 Å². The zero-order valence-electron chi connectivity index (χ0n) is 15.1. The summed E-state index contributed by atoms with van der Waals surface area (Å²) in [6.07, 6.45) is 2.21. The summed E-state index contributed by atoms with van der Waals surface area (Å²) in [5.74, 6) is 0.657. The Morgan fingerprint density at radius 1 is 1.19 bits per heavy atom. The van der Waals surface area contributed by atoms with Crippen molar-refractivity contribution in [1.82, 2.24) is 10.6 Å². The molecule has 0 heterocycles. The summed E-state index contributed by atoms with van der Waals surface area (Å²) in [6, 6.07) is 14.5. The number of halogens is 1. The Labute approximate surface area is 164 Å². The summed E-state index contributed by atoms with van der Waals surface area (Å²) in [7, 11) is -2.01. The van der Waals surface area contributed by atoms with Gasteiger partial charge in [-0.15, -0.1) is 0 Å². The molecule has 0 spiro atoms. The number of hydrogen-bond acceptors (Lipinski definition) is 3. The SMILES string of the molecule is CN=C(NCc1cccc(S(N)(=O)=O)c1)NCC1(c2cccc(Cl)c2)CC1. The molecule has 1 aliphatic carbocycles. The molecule has 27 heavy (non-hydrogen) atoms. The molecule has 2 aromatic carbocycles. The maximum absolute atomic E-state index is 11.5. The highest BCUT2D eigenvalue weighted by Gasteiger charge is 2.44. The van der Waals surface area contributed by atoms with Crippen molar-refractivity contribution >= 4 is 27.6 Å². The van der Waals surface area contributed by atoms with E-state index in [2.05, 4.69) is 21.7 Å². The minimum atomic E-state index is -3.71. The van der Waals surface area contributed by atoms with Gasteiger partial charge in [0.25, 0.3) is 0 Å². The highest BCUT2D eigenvalue weighted by Crippen LogP contribution is 2.48. The molecular weight excluding hydrogens is 384 g/mol. The molecule has 4 N–H and O–H groups in total. The van der Waals surface area contributed by atoms with Gasteiger partial charge in [-0.2, -0.15) is 0 Å². The van der Waals surface area contributed by atoms with Crippen LogP contribution in [-0.4, -0.2) is 28.0 Å². The molecule has 1 aliphatic rings. The first-order valence-electron chi connectivity index (χ1n) is 8.65. The fourth-order valence-corrected chi connectivity index (χ4v) is 3.80. The van der Waals surface area contributed by atoms with Gasteiger partial charge in [-0.3, -0.25) is 4.99 Å². The van der Waals surface area contributed by atoms with E-state index >= 15 is 0 Å². The van der Waals surface area contributed by atoms with Crippen LogP contribution in [0.3, 0.4) is 0 Å². The van der Waals surface area contributed by atoms with Gasteiger partial charge in [0, 0.05) is 30.6 Å². The van der Waals surface area contributed by atoms with E-state index in [4.69, 9.17) is 16.7 Å². The second-order valence-corrected chi connectivity index (χ2v) is 8.76. The minimum Gasteiger partial charge on any atom is -0.356 e. The Morgan fingerprint density at radius 2 is 1.93 bits per heavy atom. The smallest absolute Gasteiger partial charge is 0.238 e. The van der Waals surface area contributed by atoms with Gasteiger partial charge in [-0.25, -0.2) is 13.6 Å². The van der Waals surface area contributed by atoms with Crippen molar-refractivity contribution in [3.05, 3.63) is 64.7 Å². The van der Waals surface area contributed by atoms with E-state index in [1.807, 2.05) is 24.3 Å². The van der Waals surface area contributed by atoms with Gasteiger partial charge in [-0.1, -0.05) is 35.9 Å². The van der Waals surface area contributed by atoms with Crippen LogP contribution in [-0.2, 0) is 22.0 Å². The highest BCUT2D eigenvalue weighted by molar-refractivity contribution is 7.89. The molecule has 1 saturated carbocycles. The number of sulfonamides is 1. The van der Waals surface area contributed by atoms with E-state index in [9.17, 15) is 8.42 Å². The van der Waals surface area contributed by atoms with Crippen LogP contribution in [0.4, 0.5) is 0 Å².